The van der Waals surface area contributed by atoms with Gasteiger partial charge in [-0.25, -0.2) is 4.99 Å². The van der Waals surface area contributed by atoms with E-state index < -0.39 is 0 Å². The van der Waals surface area contributed by atoms with Gasteiger partial charge in [0.25, 0.3) is 0 Å². The highest BCUT2D eigenvalue weighted by molar-refractivity contribution is 9.10. The molecule has 0 aromatic heterocycles. The molecule has 1 aliphatic rings. The van der Waals surface area contributed by atoms with E-state index in [1.54, 1.807) is 0 Å². The third-order valence-electron chi connectivity index (χ3n) is 1.06. The molecule has 4 heteroatoms. The molecule has 1 aliphatic heterocycles. The van der Waals surface area contributed by atoms with Crippen LogP contribution in [0.2, 0.25) is 0 Å². The molecule has 0 saturated heterocycles. The van der Waals surface area contributed by atoms with Crippen LogP contribution in [0.1, 0.15) is 0 Å². The number of allylic oxidation sites excluding steroid dienone is 1. The normalized spacial score (nSPS) is 23.8. The Kier molecular flexibility index (Phi) is 1.97. The number of halogens is 1. The van der Waals surface area contributed by atoms with Gasteiger partial charge in [0.15, 0.2) is 0 Å². The van der Waals surface area contributed by atoms with E-state index in [2.05, 4.69) is 20.9 Å². The highest BCUT2D eigenvalue weighted by atomic mass is 79.9. The Balaban J connectivity index is 2.92. The lowest BCUT2D eigenvalue weighted by atomic mass is 10.2. The van der Waals surface area contributed by atoms with Crippen molar-refractivity contribution in [2.75, 3.05) is 0 Å². The zero-order chi connectivity index (χ0) is 7.56. The summed E-state index contributed by atoms with van der Waals surface area (Å²) in [6.07, 6.45) is 2.97. The number of nitrogens with one attached hydrogen (secondary N) is 1. The number of rotatable bonds is 0. The summed E-state index contributed by atoms with van der Waals surface area (Å²) in [5, 5.41) is 15.5. The first-order valence-corrected chi connectivity index (χ1v) is 3.54. The first kappa shape index (κ1) is 7.16. The molecular weight excluding hydrogens is 194 g/mol. The summed E-state index contributed by atoms with van der Waals surface area (Å²) in [5.74, 6) is 0.132. The lowest BCUT2D eigenvalue weighted by Gasteiger charge is -2.05. The topological polar surface area (TPSA) is 60.0 Å². The van der Waals surface area contributed by atoms with Gasteiger partial charge in [-0.05, 0) is 6.08 Å². The van der Waals surface area contributed by atoms with Gasteiger partial charge >= 0.3 is 0 Å². The number of hydrogen-bond acceptors (Lipinski definition) is 2. The third kappa shape index (κ3) is 1.31. The standard InChI is InChI=1S/C6H4BrN3/c7-5-3-10-6(9)1-4(5)2-8/h1,3,5,9H. The molecule has 0 radical (unpaired) electrons. The van der Waals surface area contributed by atoms with Gasteiger partial charge in [0.1, 0.15) is 5.84 Å². The molecule has 1 N–H and O–H groups in total. The molecule has 1 atom stereocenters. The maximum Gasteiger partial charge on any atom is 0.145 e. The molecule has 1 unspecified atom stereocenters. The Morgan fingerprint density at radius 2 is 2.50 bits per heavy atom. The van der Waals surface area contributed by atoms with Gasteiger partial charge < -0.3 is 0 Å². The van der Waals surface area contributed by atoms with Gasteiger partial charge in [-0.1, -0.05) is 15.9 Å². The fourth-order valence-electron chi connectivity index (χ4n) is 0.584. The number of amidine groups is 1. The van der Waals surface area contributed by atoms with Crippen LogP contribution in [0.15, 0.2) is 16.6 Å². The Labute approximate surface area is 66.7 Å². The molecule has 1 rings (SSSR count). The number of hydrogen-bond donors (Lipinski definition) is 1. The van der Waals surface area contributed by atoms with Crippen LogP contribution in [0, 0.1) is 16.7 Å². The van der Waals surface area contributed by atoms with Crippen LogP contribution in [0.25, 0.3) is 0 Å². The van der Waals surface area contributed by atoms with E-state index in [4.69, 9.17) is 10.7 Å². The van der Waals surface area contributed by atoms with Gasteiger partial charge in [0, 0.05) is 6.21 Å². The monoisotopic (exact) mass is 197 g/mol. The second-order valence-corrected chi connectivity index (χ2v) is 2.76. The highest BCUT2D eigenvalue weighted by Gasteiger charge is 2.11. The summed E-state index contributed by atoms with van der Waals surface area (Å²) in [5.41, 5.74) is 0.528. The third-order valence-corrected chi connectivity index (χ3v) is 1.79. The molecule has 0 aromatic carbocycles. The van der Waals surface area contributed by atoms with Gasteiger partial charge in [-0.3, -0.25) is 5.41 Å². The Hall–Kier alpha value is -0.950. The van der Waals surface area contributed by atoms with Crippen LogP contribution in [0.3, 0.4) is 0 Å². The molecule has 0 spiro atoms. The van der Waals surface area contributed by atoms with Crippen LogP contribution in [0.5, 0.6) is 0 Å². The Bertz CT molecular complexity index is 259. The fraction of sp³-hybridized carbons (Fsp3) is 0.167. The van der Waals surface area contributed by atoms with Crippen molar-refractivity contribution in [2.45, 2.75) is 4.83 Å². The average Bonchev–Trinajstić information content (AvgIpc) is 1.94. The van der Waals surface area contributed by atoms with Gasteiger partial charge in [0.2, 0.25) is 0 Å². The van der Waals surface area contributed by atoms with Gasteiger partial charge in [-0.15, -0.1) is 0 Å². The van der Waals surface area contributed by atoms with Crippen molar-refractivity contribution in [3.05, 3.63) is 11.6 Å². The minimum absolute atomic E-state index is 0.119. The van der Waals surface area contributed by atoms with E-state index in [1.165, 1.54) is 12.3 Å². The average molecular weight is 198 g/mol. The van der Waals surface area contributed by atoms with E-state index in [1.807, 2.05) is 6.07 Å². The van der Waals surface area contributed by atoms with E-state index in [-0.39, 0.29) is 10.7 Å². The number of dihydropyridines is 1. The molecule has 0 amide bonds. The molecule has 0 fully saturated rings. The largest absolute Gasteiger partial charge is 0.283 e. The van der Waals surface area contributed by atoms with Crippen LogP contribution in [-0.2, 0) is 0 Å². The van der Waals surface area contributed by atoms with Crippen molar-refractivity contribution in [3.63, 3.8) is 0 Å². The van der Waals surface area contributed by atoms with Crippen LogP contribution in [-0.4, -0.2) is 16.9 Å². The predicted molar refractivity (Wildman–Crippen MR) is 42.6 cm³/mol. The lowest BCUT2D eigenvalue weighted by Crippen LogP contribution is -2.10. The molecule has 10 heavy (non-hydrogen) atoms. The van der Waals surface area contributed by atoms with Crippen molar-refractivity contribution in [1.82, 2.24) is 0 Å². The molecular formula is C6H4BrN3. The molecule has 0 saturated carbocycles. The second-order valence-electron chi connectivity index (χ2n) is 1.78. The minimum Gasteiger partial charge on any atom is -0.283 e. The minimum atomic E-state index is -0.119. The molecule has 0 aromatic rings. The van der Waals surface area contributed by atoms with E-state index in [0.717, 1.165) is 0 Å². The first-order chi connectivity index (χ1) is 4.74. The number of nitrogens with zero attached hydrogens (tertiary/aromatic N) is 2. The van der Waals surface area contributed by atoms with Crippen molar-refractivity contribution in [1.29, 1.82) is 10.7 Å². The second kappa shape index (κ2) is 2.76. The SMILES string of the molecule is N#CC1=CC(=N)N=CC1Br. The van der Waals surface area contributed by atoms with Crippen molar-refractivity contribution in [2.24, 2.45) is 4.99 Å². The van der Waals surface area contributed by atoms with Gasteiger partial charge in [-0.2, -0.15) is 5.26 Å². The number of nitriles is 1. The van der Waals surface area contributed by atoms with E-state index in [0.29, 0.717) is 5.57 Å². The highest BCUT2D eigenvalue weighted by Crippen LogP contribution is 2.12. The predicted octanol–water partition coefficient (Wildman–Crippen LogP) is 1.26. The molecule has 0 aliphatic carbocycles. The maximum atomic E-state index is 8.47. The van der Waals surface area contributed by atoms with Crippen LogP contribution in [0.4, 0.5) is 0 Å². The number of aliphatic imine (C=N–C) groups is 1. The summed E-state index contributed by atoms with van der Waals surface area (Å²) in [6.45, 7) is 0. The molecule has 3 nitrogen and oxygen atoms in total. The molecule has 0 bridgehead atoms. The van der Waals surface area contributed by atoms with Crippen molar-refractivity contribution >= 4 is 28.0 Å². The Morgan fingerprint density at radius 1 is 1.80 bits per heavy atom. The summed E-state index contributed by atoms with van der Waals surface area (Å²) in [6, 6.07) is 1.97. The Morgan fingerprint density at radius 3 is 3.00 bits per heavy atom. The fourth-order valence-corrected chi connectivity index (χ4v) is 0.937. The van der Waals surface area contributed by atoms with E-state index in [9.17, 15) is 0 Å². The van der Waals surface area contributed by atoms with E-state index >= 15 is 0 Å². The molecule has 1 heterocycles. The van der Waals surface area contributed by atoms with Crippen molar-refractivity contribution in [3.8, 4) is 6.07 Å². The smallest absolute Gasteiger partial charge is 0.145 e. The summed E-state index contributed by atoms with van der Waals surface area (Å²) in [4.78, 5) is 3.57. The first-order valence-electron chi connectivity index (χ1n) is 2.62. The van der Waals surface area contributed by atoms with Crippen molar-refractivity contribution < 1.29 is 0 Å². The maximum absolute atomic E-state index is 8.47. The van der Waals surface area contributed by atoms with Gasteiger partial charge in [0.05, 0.1) is 16.5 Å². The zero-order valence-electron chi connectivity index (χ0n) is 5.00. The number of alkyl halides is 1. The van der Waals surface area contributed by atoms with Crippen LogP contribution < -0.4 is 0 Å². The molecule has 50 valence electrons. The van der Waals surface area contributed by atoms with Crippen LogP contribution >= 0.6 is 15.9 Å². The summed E-state index contributed by atoms with van der Waals surface area (Å²) in [7, 11) is 0. The zero-order valence-corrected chi connectivity index (χ0v) is 6.59. The lowest BCUT2D eigenvalue weighted by molar-refractivity contribution is 1.34. The quantitative estimate of drug-likeness (QED) is 0.585. The summed E-state index contributed by atoms with van der Waals surface area (Å²) >= 11 is 3.21. The summed E-state index contributed by atoms with van der Waals surface area (Å²) < 4.78 is 0.